The molecular weight excluding hydrogens is 414 g/mol. The number of hydrogen-bond acceptors (Lipinski definition) is 7. The van der Waals surface area contributed by atoms with Gasteiger partial charge in [0.25, 0.3) is 0 Å². The van der Waals surface area contributed by atoms with Crippen LogP contribution in [0.25, 0.3) is 10.8 Å². The molecule has 2 aliphatic rings. The molecule has 3 atom stereocenters. The summed E-state index contributed by atoms with van der Waals surface area (Å²) in [6.45, 7) is 7.37. The van der Waals surface area contributed by atoms with Gasteiger partial charge in [-0.25, -0.2) is 0 Å². The number of ketones is 3. The number of phenolic OH excluding ortho intramolecular Hbond substituents is 2. The zero-order valence-electron chi connectivity index (χ0n) is 18.3. The average Bonchev–Trinajstić information content (AvgIpc) is 2.67. The van der Waals surface area contributed by atoms with Crippen molar-refractivity contribution in [2.75, 3.05) is 0 Å². The molecule has 1 saturated carbocycles. The number of aliphatic hydroxyl groups is 1. The molecule has 5 N–H and O–H groups in total. The fourth-order valence-electron chi connectivity index (χ4n) is 5.18. The Morgan fingerprint density at radius 1 is 1.09 bits per heavy atom. The van der Waals surface area contributed by atoms with E-state index in [-0.39, 0.29) is 29.5 Å². The number of fused-ring (bicyclic) bond motifs is 3. The number of aromatic hydroxyl groups is 2. The summed E-state index contributed by atoms with van der Waals surface area (Å²) in [6, 6.07) is 3.50. The Bertz CT molecular complexity index is 1250. The van der Waals surface area contributed by atoms with Gasteiger partial charge in [0, 0.05) is 17.9 Å². The van der Waals surface area contributed by atoms with Gasteiger partial charge in [0.15, 0.2) is 23.1 Å². The lowest BCUT2D eigenvalue weighted by molar-refractivity contribution is -0.157. The Morgan fingerprint density at radius 3 is 2.28 bits per heavy atom. The van der Waals surface area contributed by atoms with Gasteiger partial charge in [-0.3, -0.25) is 19.2 Å². The maximum absolute atomic E-state index is 13.5. The number of hydrogen-bond donors (Lipinski definition) is 4. The molecule has 2 aliphatic carbocycles. The first-order chi connectivity index (χ1) is 14.7. The highest BCUT2D eigenvalue weighted by Gasteiger charge is 2.62. The van der Waals surface area contributed by atoms with Gasteiger partial charge in [0.2, 0.25) is 11.7 Å². The summed E-state index contributed by atoms with van der Waals surface area (Å²) in [7, 11) is 0. The van der Waals surface area contributed by atoms with Gasteiger partial charge in [0.1, 0.15) is 11.5 Å². The third kappa shape index (κ3) is 2.65. The van der Waals surface area contributed by atoms with Crippen LogP contribution >= 0.6 is 0 Å². The number of aryl methyl sites for hydroxylation is 1. The van der Waals surface area contributed by atoms with Gasteiger partial charge < -0.3 is 21.1 Å². The summed E-state index contributed by atoms with van der Waals surface area (Å²) in [6.07, 6.45) is -0.398. The first-order valence-electron chi connectivity index (χ1n) is 10.4. The number of nitrogens with two attached hydrogens (primary N) is 1. The van der Waals surface area contributed by atoms with Gasteiger partial charge in [-0.05, 0) is 35.3 Å². The van der Waals surface area contributed by atoms with Crippen molar-refractivity contribution in [3.8, 4) is 11.5 Å². The van der Waals surface area contributed by atoms with Crippen LogP contribution in [0.3, 0.4) is 0 Å². The molecule has 2 aromatic carbocycles. The number of rotatable bonds is 1. The molecule has 2 aromatic rings. The number of carbonyl (C=O) groups is 4. The Morgan fingerprint density at radius 2 is 1.72 bits per heavy atom. The van der Waals surface area contributed by atoms with Crippen molar-refractivity contribution in [2.24, 2.45) is 17.6 Å². The van der Waals surface area contributed by atoms with Gasteiger partial charge in [-0.15, -0.1) is 0 Å². The minimum Gasteiger partial charge on any atom is -0.507 e. The molecule has 8 nitrogen and oxygen atoms in total. The molecule has 168 valence electrons. The summed E-state index contributed by atoms with van der Waals surface area (Å²) < 4.78 is 0. The van der Waals surface area contributed by atoms with Crippen LogP contribution in [0, 0.1) is 18.8 Å². The second-order valence-electron chi connectivity index (χ2n) is 9.83. The third-order valence-corrected chi connectivity index (χ3v) is 6.92. The van der Waals surface area contributed by atoms with Crippen molar-refractivity contribution in [3.63, 3.8) is 0 Å². The molecule has 0 spiro atoms. The molecule has 8 heteroatoms. The number of carbonyl (C=O) groups excluding carboxylic acids is 4. The Labute approximate surface area is 184 Å². The number of primary amides is 1. The zero-order chi connectivity index (χ0) is 23.9. The molecule has 1 unspecified atom stereocenters. The fraction of sp³-hybridized carbons (Fsp3) is 0.417. The van der Waals surface area contributed by atoms with Crippen LogP contribution in [-0.4, -0.2) is 44.2 Å². The average molecular weight is 439 g/mol. The number of phenols is 2. The van der Waals surface area contributed by atoms with E-state index in [1.165, 1.54) is 0 Å². The molecule has 0 saturated heterocycles. The first-order valence-corrected chi connectivity index (χ1v) is 10.4. The predicted octanol–water partition coefficient (Wildman–Crippen LogP) is 1.59. The normalized spacial score (nSPS) is 25.6. The molecular formula is C24H25NO7. The first kappa shape index (κ1) is 22.0. The molecule has 4 rings (SSSR count). The molecule has 0 aromatic heterocycles. The summed E-state index contributed by atoms with van der Waals surface area (Å²) >= 11 is 0. The van der Waals surface area contributed by atoms with Crippen LogP contribution in [0.15, 0.2) is 12.1 Å². The maximum atomic E-state index is 13.5. The van der Waals surface area contributed by atoms with E-state index >= 15 is 0 Å². The topological polar surface area (TPSA) is 155 Å². The number of benzene rings is 2. The van der Waals surface area contributed by atoms with E-state index in [1.807, 2.05) is 20.8 Å². The molecule has 0 aliphatic heterocycles. The van der Waals surface area contributed by atoms with Crippen LogP contribution in [0.4, 0.5) is 0 Å². The van der Waals surface area contributed by atoms with Gasteiger partial charge in [-0.1, -0.05) is 32.9 Å². The highest BCUT2D eigenvalue weighted by Crippen LogP contribution is 2.50. The maximum Gasteiger partial charge on any atom is 0.235 e. The molecule has 0 radical (unpaired) electrons. The van der Waals surface area contributed by atoms with Gasteiger partial charge >= 0.3 is 0 Å². The Hall–Kier alpha value is -3.26. The fourth-order valence-corrected chi connectivity index (χ4v) is 5.18. The second-order valence-corrected chi connectivity index (χ2v) is 9.83. The number of Topliss-reactive ketones (excluding diaryl/α,β-unsaturated/α-hetero) is 3. The van der Waals surface area contributed by atoms with Crippen LogP contribution in [0.1, 0.15) is 54.2 Å². The highest BCUT2D eigenvalue weighted by atomic mass is 16.3. The molecule has 1 amide bonds. The van der Waals surface area contributed by atoms with Crippen molar-refractivity contribution >= 4 is 34.0 Å². The number of amides is 1. The zero-order valence-corrected chi connectivity index (χ0v) is 18.3. The monoisotopic (exact) mass is 439 g/mol. The van der Waals surface area contributed by atoms with Crippen molar-refractivity contribution in [1.29, 1.82) is 0 Å². The Balaban J connectivity index is 2.03. The minimum atomic E-state index is -2.66. The van der Waals surface area contributed by atoms with Crippen molar-refractivity contribution < 1.29 is 34.5 Å². The quantitative estimate of drug-likeness (QED) is 0.492. The predicted molar refractivity (Wildman–Crippen MR) is 115 cm³/mol. The lowest BCUT2D eigenvalue weighted by Gasteiger charge is -2.43. The van der Waals surface area contributed by atoms with E-state index in [2.05, 4.69) is 0 Å². The molecule has 32 heavy (non-hydrogen) atoms. The standard InChI is InChI=1S/C24H25NO7/c1-9-11-5-6-13(23(2,3)4)18(27)15(11)19(28)16-12(9)7-10-8-14(26)17(22(25)31)21(30)24(10,32)20(16)29/h5-6,10,17,27-28,32H,7-8H2,1-4H3,(H2,25,31)/t10-,17?,24-/m0/s1. The SMILES string of the molecule is Cc1c2c(c(O)c3c(O)c(C(C)(C)C)ccc13)C(=O)[C@]1(O)C(=O)C(C(N)=O)C(=O)C[C@@H]1C2. The van der Waals surface area contributed by atoms with E-state index in [0.717, 1.165) is 0 Å². The molecule has 0 heterocycles. The highest BCUT2D eigenvalue weighted by molar-refractivity contribution is 6.32. The van der Waals surface area contributed by atoms with E-state index in [4.69, 9.17) is 5.73 Å². The van der Waals surface area contributed by atoms with E-state index in [9.17, 15) is 34.5 Å². The van der Waals surface area contributed by atoms with Gasteiger partial charge in [0.05, 0.1) is 10.9 Å². The van der Waals surface area contributed by atoms with Crippen LogP contribution in [0.2, 0.25) is 0 Å². The lowest BCUT2D eigenvalue weighted by atomic mass is 9.60. The van der Waals surface area contributed by atoms with Crippen molar-refractivity contribution in [1.82, 2.24) is 0 Å². The molecule has 1 fully saturated rings. The van der Waals surface area contributed by atoms with E-state index in [0.29, 0.717) is 22.1 Å². The summed E-state index contributed by atoms with van der Waals surface area (Å²) in [5.74, 6) is -8.02. The second kappa shape index (κ2) is 6.62. The van der Waals surface area contributed by atoms with Gasteiger partial charge in [-0.2, -0.15) is 0 Å². The summed E-state index contributed by atoms with van der Waals surface area (Å²) in [4.78, 5) is 50.5. The Kier molecular flexibility index (Phi) is 4.54. The van der Waals surface area contributed by atoms with Crippen molar-refractivity contribution in [2.45, 2.75) is 51.6 Å². The largest absolute Gasteiger partial charge is 0.507 e. The third-order valence-electron chi connectivity index (χ3n) is 6.92. The van der Waals surface area contributed by atoms with Crippen LogP contribution < -0.4 is 5.73 Å². The summed E-state index contributed by atoms with van der Waals surface area (Å²) in [5.41, 5.74) is 3.33. The van der Waals surface area contributed by atoms with E-state index in [1.54, 1.807) is 19.1 Å². The van der Waals surface area contributed by atoms with E-state index < -0.39 is 51.9 Å². The smallest absolute Gasteiger partial charge is 0.235 e. The van der Waals surface area contributed by atoms with Crippen LogP contribution in [-0.2, 0) is 26.2 Å². The molecule has 0 bridgehead atoms. The lowest BCUT2D eigenvalue weighted by Crippen LogP contribution is -2.64. The minimum absolute atomic E-state index is 0.0301. The summed E-state index contributed by atoms with van der Waals surface area (Å²) in [5, 5.41) is 33.9. The van der Waals surface area contributed by atoms with Crippen LogP contribution in [0.5, 0.6) is 11.5 Å². The van der Waals surface area contributed by atoms with Crippen molar-refractivity contribution in [3.05, 3.63) is 34.4 Å².